The van der Waals surface area contributed by atoms with Crippen LogP contribution in [0, 0.1) is 0 Å². The lowest BCUT2D eigenvalue weighted by Crippen LogP contribution is -2.21. The fourth-order valence-electron chi connectivity index (χ4n) is 1.30. The molecule has 0 fully saturated rings. The minimum atomic E-state index is -0.133. The number of nitrogens with zero attached hydrogens (tertiary/aromatic N) is 3. The van der Waals surface area contributed by atoms with Gasteiger partial charge in [0.15, 0.2) is 0 Å². The molecule has 0 amide bonds. The Morgan fingerprint density at radius 1 is 1.16 bits per heavy atom. The average molecular weight is 270 g/mol. The van der Waals surface area contributed by atoms with Crippen LogP contribution < -0.4 is 14.8 Å². The van der Waals surface area contributed by atoms with Gasteiger partial charge < -0.3 is 19.5 Å². The second kappa shape index (κ2) is 8.47. The first-order valence-corrected chi connectivity index (χ1v) is 6.47. The molecule has 1 N–H and O–H groups in total. The van der Waals surface area contributed by atoms with Crippen molar-refractivity contribution in [2.24, 2.45) is 0 Å². The summed E-state index contributed by atoms with van der Waals surface area (Å²) in [6.45, 7) is 7.81. The molecule has 1 aromatic heterocycles. The van der Waals surface area contributed by atoms with Crippen molar-refractivity contribution in [2.45, 2.75) is 33.3 Å². The molecule has 0 aromatic carbocycles. The van der Waals surface area contributed by atoms with Crippen molar-refractivity contribution in [1.82, 2.24) is 15.0 Å². The van der Waals surface area contributed by atoms with Crippen molar-refractivity contribution in [2.75, 3.05) is 32.2 Å². The van der Waals surface area contributed by atoms with Crippen LogP contribution in [0.25, 0.3) is 0 Å². The molecular formula is C12H22N4O3. The van der Waals surface area contributed by atoms with E-state index in [0.29, 0.717) is 19.2 Å². The molecule has 1 rings (SSSR count). The second-order valence-electron chi connectivity index (χ2n) is 3.94. The van der Waals surface area contributed by atoms with Crippen LogP contribution in [-0.2, 0) is 4.74 Å². The van der Waals surface area contributed by atoms with Crippen LogP contribution in [0.5, 0.6) is 12.0 Å². The van der Waals surface area contributed by atoms with Crippen LogP contribution in [-0.4, -0.2) is 47.9 Å². The Balaban J connectivity index is 2.69. The van der Waals surface area contributed by atoms with Gasteiger partial charge in [0.1, 0.15) is 6.10 Å². The van der Waals surface area contributed by atoms with Gasteiger partial charge in [-0.2, -0.15) is 9.97 Å². The monoisotopic (exact) mass is 270 g/mol. The molecule has 7 heteroatoms. The predicted molar refractivity (Wildman–Crippen MR) is 71.7 cm³/mol. The maximum Gasteiger partial charge on any atom is 0.324 e. The highest BCUT2D eigenvalue weighted by Crippen LogP contribution is 2.13. The predicted octanol–water partition coefficient (Wildman–Crippen LogP) is 1.51. The second-order valence-corrected chi connectivity index (χ2v) is 3.94. The molecule has 108 valence electrons. The van der Waals surface area contributed by atoms with Gasteiger partial charge in [0.25, 0.3) is 0 Å². The summed E-state index contributed by atoms with van der Waals surface area (Å²) in [4.78, 5) is 12.3. The first kappa shape index (κ1) is 15.4. The zero-order valence-electron chi connectivity index (χ0n) is 12.0. The molecule has 0 aliphatic heterocycles. The Morgan fingerprint density at radius 3 is 2.53 bits per heavy atom. The van der Waals surface area contributed by atoms with Gasteiger partial charge in [-0.3, -0.25) is 0 Å². The van der Waals surface area contributed by atoms with Crippen molar-refractivity contribution in [3.63, 3.8) is 0 Å². The summed E-state index contributed by atoms with van der Waals surface area (Å²) in [6, 6.07) is 0.463. The maximum atomic E-state index is 5.57. The highest BCUT2D eigenvalue weighted by molar-refractivity contribution is 5.27. The van der Waals surface area contributed by atoms with Gasteiger partial charge in [-0.05, 0) is 20.3 Å². The molecule has 0 spiro atoms. The zero-order chi connectivity index (χ0) is 14.1. The lowest BCUT2D eigenvalue weighted by Gasteiger charge is -2.13. The van der Waals surface area contributed by atoms with Gasteiger partial charge >= 0.3 is 12.0 Å². The Hall–Kier alpha value is -1.63. The summed E-state index contributed by atoms with van der Waals surface area (Å²) in [5.41, 5.74) is 0. The van der Waals surface area contributed by atoms with E-state index < -0.39 is 0 Å². The maximum absolute atomic E-state index is 5.57. The summed E-state index contributed by atoms with van der Waals surface area (Å²) >= 11 is 0. The van der Waals surface area contributed by atoms with E-state index in [2.05, 4.69) is 27.2 Å². The van der Waals surface area contributed by atoms with E-state index in [-0.39, 0.29) is 18.1 Å². The molecular weight excluding hydrogens is 248 g/mol. The third-order valence-electron chi connectivity index (χ3n) is 2.17. The van der Waals surface area contributed by atoms with Gasteiger partial charge in [-0.15, -0.1) is 4.98 Å². The van der Waals surface area contributed by atoms with Crippen molar-refractivity contribution < 1.29 is 14.2 Å². The van der Waals surface area contributed by atoms with E-state index >= 15 is 0 Å². The molecule has 1 heterocycles. The number of anilines is 1. The first-order chi connectivity index (χ1) is 9.19. The molecule has 0 aliphatic carbocycles. The summed E-state index contributed by atoms with van der Waals surface area (Å²) in [7, 11) is 1.51. The summed E-state index contributed by atoms with van der Waals surface area (Å²) in [5.74, 6) is 0.451. The van der Waals surface area contributed by atoms with Gasteiger partial charge in [0.05, 0.1) is 13.7 Å². The fraction of sp³-hybridized carbons (Fsp3) is 0.750. The summed E-state index contributed by atoms with van der Waals surface area (Å²) < 4.78 is 15.9. The van der Waals surface area contributed by atoms with E-state index in [4.69, 9.17) is 14.2 Å². The number of methoxy groups -OCH3 is 1. The quantitative estimate of drug-likeness (QED) is 0.728. The molecule has 7 nitrogen and oxygen atoms in total. The molecule has 0 saturated heterocycles. The number of hydrogen-bond acceptors (Lipinski definition) is 7. The van der Waals surface area contributed by atoms with Crippen molar-refractivity contribution >= 4 is 5.95 Å². The molecule has 0 aliphatic rings. The Morgan fingerprint density at radius 2 is 1.89 bits per heavy atom. The van der Waals surface area contributed by atoms with Crippen LogP contribution in [0.2, 0.25) is 0 Å². The Bertz CT molecular complexity index is 376. The Labute approximate surface area is 113 Å². The van der Waals surface area contributed by atoms with E-state index in [1.807, 2.05) is 13.8 Å². The number of nitrogens with one attached hydrogen (secondary N) is 1. The van der Waals surface area contributed by atoms with Crippen LogP contribution in [0.3, 0.4) is 0 Å². The van der Waals surface area contributed by atoms with Gasteiger partial charge in [0, 0.05) is 13.2 Å². The third kappa shape index (κ3) is 5.69. The molecule has 0 bridgehead atoms. The normalized spacial score (nSPS) is 12.0. The summed E-state index contributed by atoms with van der Waals surface area (Å²) in [5, 5.41) is 3.07. The third-order valence-corrected chi connectivity index (χ3v) is 2.17. The number of aromatic nitrogens is 3. The minimum absolute atomic E-state index is 0.133. The SMILES string of the molecule is CCCNc1nc(OC)nc(OC(C)COCC)n1. The van der Waals surface area contributed by atoms with Gasteiger partial charge in [0.2, 0.25) is 5.95 Å². The molecule has 1 atom stereocenters. The smallest absolute Gasteiger partial charge is 0.324 e. The van der Waals surface area contributed by atoms with Gasteiger partial charge in [-0.1, -0.05) is 6.92 Å². The average Bonchev–Trinajstić information content (AvgIpc) is 2.42. The number of rotatable bonds is 9. The Kier molecular flexibility index (Phi) is 6.88. The molecule has 1 unspecified atom stereocenters. The van der Waals surface area contributed by atoms with Crippen molar-refractivity contribution in [3.8, 4) is 12.0 Å². The van der Waals surface area contributed by atoms with E-state index in [9.17, 15) is 0 Å². The summed E-state index contributed by atoms with van der Waals surface area (Å²) in [6.07, 6.45) is 0.844. The lowest BCUT2D eigenvalue weighted by atomic mass is 10.4. The molecule has 1 aromatic rings. The standard InChI is InChI=1S/C12H22N4O3/c1-5-7-13-10-14-11(17-4)16-12(15-10)19-9(3)8-18-6-2/h9H,5-8H2,1-4H3,(H,13,14,15,16). The first-order valence-electron chi connectivity index (χ1n) is 6.47. The zero-order valence-corrected chi connectivity index (χ0v) is 12.0. The topological polar surface area (TPSA) is 78.4 Å². The highest BCUT2D eigenvalue weighted by atomic mass is 16.5. The highest BCUT2D eigenvalue weighted by Gasteiger charge is 2.11. The van der Waals surface area contributed by atoms with Crippen LogP contribution >= 0.6 is 0 Å². The van der Waals surface area contributed by atoms with E-state index in [1.165, 1.54) is 7.11 Å². The lowest BCUT2D eigenvalue weighted by molar-refractivity contribution is 0.0602. The largest absolute Gasteiger partial charge is 0.467 e. The van der Waals surface area contributed by atoms with E-state index in [1.54, 1.807) is 0 Å². The molecule has 0 saturated carbocycles. The van der Waals surface area contributed by atoms with Crippen LogP contribution in [0.4, 0.5) is 5.95 Å². The molecule has 0 radical (unpaired) electrons. The number of hydrogen-bond donors (Lipinski definition) is 1. The van der Waals surface area contributed by atoms with Gasteiger partial charge in [-0.25, -0.2) is 0 Å². The van der Waals surface area contributed by atoms with Crippen molar-refractivity contribution in [1.29, 1.82) is 0 Å². The minimum Gasteiger partial charge on any atom is -0.467 e. The van der Waals surface area contributed by atoms with Crippen LogP contribution in [0.1, 0.15) is 27.2 Å². The number of ether oxygens (including phenoxy) is 3. The molecule has 19 heavy (non-hydrogen) atoms. The van der Waals surface area contributed by atoms with Crippen molar-refractivity contribution in [3.05, 3.63) is 0 Å². The van der Waals surface area contributed by atoms with Crippen LogP contribution in [0.15, 0.2) is 0 Å². The van der Waals surface area contributed by atoms with E-state index in [0.717, 1.165) is 13.0 Å². The fourth-order valence-corrected chi connectivity index (χ4v) is 1.30.